The first kappa shape index (κ1) is 21.1. The summed E-state index contributed by atoms with van der Waals surface area (Å²) in [6.45, 7) is 0. The molecular weight excluding hydrogens is 460 g/mol. The van der Waals surface area contributed by atoms with Crippen LogP contribution in [-0.2, 0) is 0 Å². The van der Waals surface area contributed by atoms with Crippen molar-refractivity contribution in [1.29, 1.82) is 0 Å². The molecule has 5 nitrogen and oxygen atoms in total. The largest absolute Gasteiger partial charge is 0.497 e. The van der Waals surface area contributed by atoms with E-state index >= 15 is 0 Å². The summed E-state index contributed by atoms with van der Waals surface area (Å²) in [6, 6.07) is 17.6. The molecule has 0 saturated heterocycles. The van der Waals surface area contributed by atoms with Crippen LogP contribution in [0.4, 0.5) is 0 Å². The second-order valence-corrected chi connectivity index (χ2v) is 7.88. The molecule has 160 valence electrons. The lowest BCUT2D eigenvalue weighted by atomic mass is 9.86. The van der Waals surface area contributed by atoms with E-state index in [4.69, 9.17) is 23.7 Å². The molecule has 0 radical (unpaired) electrons. The SMILES string of the molecule is COc1ccc2c(c1)OC(c1ccc(Br)cc1)=C[C@@H]2c1c(OC)cc(OC)cc1OC. The monoisotopic (exact) mass is 482 g/mol. The topological polar surface area (TPSA) is 46.2 Å². The summed E-state index contributed by atoms with van der Waals surface area (Å²) in [7, 11) is 6.55. The molecule has 0 spiro atoms. The Hall–Kier alpha value is -3.12. The van der Waals surface area contributed by atoms with E-state index in [-0.39, 0.29) is 5.92 Å². The Kier molecular flexibility index (Phi) is 6.09. The molecule has 0 fully saturated rings. The minimum absolute atomic E-state index is 0.163. The van der Waals surface area contributed by atoms with E-state index in [1.165, 1.54) is 0 Å². The second-order valence-electron chi connectivity index (χ2n) is 6.97. The van der Waals surface area contributed by atoms with Gasteiger partial charge in [-0.1, -0.05) is 34.1 Å². The molecule has 4 rings (SSSR count). The van der Waals surface area contributed by atoms with Gasteiger partial charge in [0.2, 0.25) is 0 Å². The standard InChI is InChI=1S/C25H23BrO5/c1-27-17-9-10-19-20(25-23(29-3)12-18(28-2)13-24(25)30-4)14-21(31-22(19)11-17)15-5-7-16(26)8-6-15/h5-14,20H,1-4H3/t20-/m0/s1. The van der Waals surface area contributed by atoms with Crippen molar-refractivity contribution in [3.63, 3.8) is 0 Å². The Bertz CT molecular complexity index is 1100. The van der Waals surface area contributed by atoms with E-state index in [1.54, 1.807) is 28.4 Å². The summed E-state index contributed by atoms with van der Waals surface area (Å²) in [5.41, 5.74) is 2.85. The van der Waals surface area contributed by atoms with Crippen molar-refractivity contribution in [3.05, 3.63) is 81.8 Å². The zero-order valence-corrected chi connectivity index (χ0v) is 19.4. The normalized spacial score (nSPS) is 14.7. The number of hydrogen-bond donors (Lipinski definition) is 0. The van der Waals surface area contributed by atoms with Gasteiger partial charge >= 0.3 is 0 Å². The van der Waals surface area contributed by atoms with E-state index in [0.717, 1.165) is 38.4 Å². The molecule has 1 atom stereocenters. The van der Waals surface area contributed by atoms with Gasteiger partial charge in [-0.25, -0.2) is 0 Å². The minimum atomic E-state index is -0.163. The molecule has 1 aliphatic heterocycles. The number of methoxy groups -OCH3 is 4. The van der Waals surface area contributed by atoms with Crippen LogP contribution in [0.3, 0.4) is 0 Å². The van der Waals surface area contributed by atoms with Crippen LogP contribution in [0.15, 0.2) is 65.1 Å². The Morgan fingerprint density at radius 2 is 1.39 bits per heavy atom. The lowest BCUT2D eigenvalue weighted by Gasteiger charge is -2.28. The van der Waals surface area contributed by atoms with Crippen LogP contribution in [0.1, 0.15) is 22.6 Å². The number of benzene rings is 3. The van der Waals surface area contributed by atoms with Gasteiger partial charge in [-0.05, 0) is 24.3 Å². The first-order valence-electron chi connectivity index (χ1n) is 9.71. The Balaban J connectivity index is 1.94. The highest BCUT2D eigenvalue weighted by Crippen LogP contribution is 2.49. The molecule has 0 bridgehead atoms. The lowest BCUT2D eigenvalue weighted by Crippen LogP contribution is -2.12. The third-order valence-electron chi connectivity index (χ3n) is 5.29. The van der Waals surface area contributed by atoms with E-state index in [0.29, 0.717) is 17.2 Å². The zero-order chi connectivity index (χ0) is 22.0. The van der Waals surface area contributed by atoms with Gasteiger partial charge in [-0.3, -0.25) is 0 Å². The van der Waals surface area contributed by atoms with E-state index < -0.39 is 0 Å². The van der Waals surface area contributed by atoms with Gasteiger partial charge in [0.15, 0.2) is 0 Å². The van der Waals surface area contributed by atoms with Crippen molar-refractivity contribution in [2.45, 2.75) is 5.92 Å². The fraction of sp³-hybridized carbons (Fsp3) is 0.200. The van der Waals surface area contributed by atoms with Crippen molar-refractivity contribution in [2.24, 2.45) is 0 Å². The molecule has 31 heavy (non-hydrogen) atoms. The van der Waals surface area contributed by atoms with Gasteiger partial charge in [0.25, 0.3) is 0 Å². The zero-order valence-electron chi connectivity index (χ0n) is 17.8. The third-order valence-corrected chi connectivity index (χ3v) is 5.82. The molecule has 0 saturated carbocycles. The quantitative estimate of drug-likeness (QED) is 0.427. The fourth-order valence-corrected chi connectivity index (χ4v) is 3.99. The van der Waals surface area contributed by atoms with Crippen LogP contribution in [0, 0.1) is 0 Å². The number of ether oxygens (including phenoxy) is 5. The second kappa shape index (κ2) is 8.94. The minimum Gasteiger partial charge on any atom is -0.497 e. The summed E-state index contributed by atoms with van der Waals surface area (Å²) < 4.78 is 29.6. The van der Waals surface area contributed by atoms with Gasteiger partial charge in [0, 0.05) is 45.3 Å². The van der Waals surface area contributed by atoms with Gasteiger partial charge in [-0.2, -0.15) is 0 Å². The highest BCUT2D eigenvalue weighted by molar-refractivity contribution is 9.10. The van der Waals surface area contributed by atoms with Crippen LogP contribution in [0.5, 0.6) is 28.7 Å². The molecule has 1 aliphatic rings. The number of allylic oxidation sites excluding steroid dienone is 1. The summed E-state index contributed by atoms with van der Waals surface area (Å²) in [4.78, 5) is 0. The molecule has 3 aromatic rings. The third kappa shape index (κ3) is 4.08. The van der Waals surface area contributed by atoms with Gasteiger partial charge in [0.05, 0.1) is 28.4 Å². The van der Waals surface area contributed by atoms with Crippen LogP contribution >= 0.6 is 15.9 Å². The Morgan fingerprint density at radius 1 is 0.742 bits per heavy atom. The van der Waals surface area contributed by atoms with Gasteiger partial charge in [0.1, 0.15) is 34.5 Å². The van der Waals surface area contributed by atoms with Crippen molar-refractivity contribution in [3.8, 4) is 28.7 Å². The number of halogens is 1. The van der Waals surface area contributed by atoms with E-state index in [9.17, 15) is 0 Å². The number of rotatable bonds is 6. The molecule has 6 heteroatoms. The summed E-state index contributed by atoms with van der Waals surface area (Å²) in [5.74, 6) is 4.05. The molecule has 0 aromatic heterocycles. The molecule has 0 unspecified atom stereocenters. The highest BCUT2D eigenvalue weighted by atomic mass is 79.9. The maximum absolute atomic E-state index is 6.30. The number of fused-ring (bicyclic) bond motifs is 1. The van der Waals surface area contributed by atoms with Crippen LogP contribution in [0.2, 0.25) is 0 Å². The average molecular weight is 483 g/mol. The Labute approximate surface area is 190 Å². The highest BCUT2D eigenvalue weighted by Gasteiger charge is 2.30. The van der Waals surface area contributed by atoms with Crippen molar-refractivity contribution >= 4 is 21.7 Å². The molecule has 3 aromatic carbocycles. The molecule has 1 heterocycles. The maximum atomic E-state index is 6.30. The van der Waals surface area contributed by atoms with E-state index in [1.807, 2.05) is 54.6 Å². The summed E-state index contributed by atoms with van der Waals surface area (Å²) >= 11 is 3.49. The Morgan fingerprint density at radius 3 is 1.97 bits per heavy atom. The molecule has 0 N–H and O–H groups in total. The predicted octanol–water partition coefficient (Wildman–Crippen LogP) is 6.05. The first-order chi connectivity index (χ1) is 15.1. The summed E-state index contributed by atoms with van der Waals surface area (Å²) in [5, 5.41) is 0. The van der Waals surface area contributed by atoms with E-state index in [2.05, 4.69) is 22.0 Å². The smallest absolute Gasteiger partial charge is 0.135 e. The molecule has 0 amide bonds. The molecule has 0 aliphatic carbocycles. The molecular formula is C25H23BrO5. The van der Waals surface area contributed by atoms with Crippen LogP contribution < -0.4 is 23.7 Å². The van der Waals surface area contributed by atoms with Gasteiger partial charge in [-0.15, -0.1) is 0 Å². The van der Waals surface area contributed by atoms with Crippen LogP contribution in [0.25, 0.3) is 5.76 Å². The van der Waals surface area contributed by atoms with Crippen molar-refractivity contribution in [1.82, 2.24) is 0 Å². The average Bonchev–Trinajstić information content (AvgIpc) is 2.82. The first-order valence-corrected chi connectivity index (χ1v) is 10.5. The van der Waals surface area contributed by atoms with Crippen molar-refractivity contribution in [2.75, 3.05) is 28.4 Å². The van der Waals surface area contributed by atoms with Crippen LogP contribution in [-0.4, -0.2) is 28.4 Å². The maximum Gasteiger partial charge on any atom is 0.135 e. The van der Waals surface area contributed by atoms with Gasteiger partial charge < -0.3 is 23.7 Å². The fourth-order valence-electron chi connectivity index (χ4n) is 3.73. The number of hydrogen-bond acceptors (Lipinski definition) is 5. The predicted molar refractivity (Wildman–Crippen MR) is 124 cm³/mol. The lowest BCUT2D eigenvalue weighted by molar-refractivity contribution is 0.367. The summed E-state index contributed by atoms with van der Waals surface area (Å²) in [6.07, 6.45) is 2.09. The van der Waals surface area contributed by atoms with Crippen molar-refractivity contribution < 1.29 is 23.7 Å².